The van der Waals surface area contributed by atoms with Crippen LogP contribution in [0.15, 0.2) is 0 Å². The minimum atomic E-state index is -1.99. The molecule has 0 aromatic heterocycles. The normalized spacial score (nSPS) is 49.2. The minimum absolute atomic E-state index is 0.606. The van der Waals surface area contributed by atoms with Crippen molar-refractivity contribution in [2.24, 2.45) is 0 Å². The summed E-state index contributed by atoms with van der Waals surface area (Å²) in [7, 11) is 0. The van der Waals surface area contributed by atoms with Crippen molar-refractivity contribution >= 4 is 0 Å². The number of rotatable bonds is 1. The van der Waals surface area contributed by atoms with E-state index in [1.165, 1.54) is 0 Å². The van der Waals surface area contributed by atoms with Crippen LogP contribution in [0.4, 0.5) is 4.39 Å². The maximum atomic E-state index is 12.8. The summed E-state index contributed by atoms with van der Waals surface area (Å²) in [4.78, 5) is 0. The third-order valence-corrected chi connectivity index (χ3v) is 1.82. The van der Waals surface area contributed by atoms with Crippen molar-refractivity contribution in [3.8, 4) is 0 Å². The van der Waals surface area contributed by atoms with Gasteiger partial charge in [-0.05, 0) is 0 Å². The molecule has 0 saturated carbocycles. The highest BCUT2D eigenvalue weighted by Crippen LogP contribution is 2.21. The first-order chi connectivity index (χ1) is 5.57. The van der Waals surface area contributed by atoms with Gasteiger partial charge < -0.3 is 25.2 Å². The lowest BCUT2D eigenvalue weighted by Crippen LogP contribution is -2.56. The number of aliphatic hydroxyl groups is 4. The Hall–Kier alpha value is -0.270. The van der Waals surface area contributed by atoms with Crippen LogP contribution in [-0.2, 0) is 4.74 Å². The lowest BCUT2D eigenvalue weighted by atomic mass is 10.0. The van der Waals surface area contributed by atoms with Gasteiger partial charge in [-0.1, -0.05) is 0 Å². The molecule has 1 heterocycles. The van der Waals surface area contributed by atoms with E-state index >= 15 is 0 Å². The molecular formula is C6H11FO5. The molecule has 1 aliphatic heterocycles. The average Bonchev–Trinajstić information content (AvgIpc) is 2.08. The second kappa shape index (κ2) is 3.63. The lowest BCUT2D eigenvalue weighted by molar-refractivity contribution is -0.274. The van der Waals surface area contributed by atoms with E-state index in [2.05, 4.69) is 4.74 Å². The molecule has 0 radical (unpaired) electrons. The monoisotopic (exact) mass is 182 g/mol. The Bertz CT molecular complexity index is 150. The molecule has 0 bridgehead atoms. The summed E-state index contributed by atoms with van der Waals surface area (Å²) in [5.74, 6) is 0. The van der Waals surface area contributed by atoms with Crippen LogP contribution in [0.2, 0.25) is 0 Å². The van der Waals surface area contributed by atoms with E-state index in [1.54, 1.807) is 0 Å². The van der Waals surface area contributed by atoms with E-state index in [9.17, 15) is 4.39 Å². The third kappa shape index (κ3) is 1.57. The molecule has 4 N–H and O–H groups in total. The van der Waals surface area contributed by atoms with Crippen LogP contribution in [0.25, 0.3) is 0 Å². The highest BCUT2D eigenvalue weighted by atomic mass is 19.1. The Kier molecular flexibility index (Phi) is 2.97. The quantitative estimate of drug-likeness (QED) is 0.368. The molecule has 1 fully saturated rings. The van der Waals surface area contributed by atoms with Gasteiger partial charge in [-0.25, -0.2) is 4.39 Å². The summed E-state index contributed by atoms with van der Waals surface area (Å²) in [5, 5.41) is 35.2. The van der Waals surface area contributed by atoms with Gasteiger partial charge in [0, 0.05) is 0 Å². The lowest BCUT2D eigenvalue weighted by Gasteiger charge is -2.36. The molecule has 1 rings (SSSR count). The van der Waals surface area contributed by atoms with Gasteiger partial charge in [0.2, 0.25) is 0 Å². The molecule has 1 aliphatic rings. The van der Waals surface area contributed by atoms with Crippen LogP contribution in [0.1, 0.15) is 0 Å². The number of halogens is 1. The predicted octanol–water partition coefficient (Wildman–Crippen LogP) is -2.24. The van der Waals surface area contributed by atoms with Crippen molar-refractivity contribution in [1.29, 1.82) is 0 Å². The van der Waals surface area contributed by atoms with Crippen molar-refractivity contribution in [3.63, 3.8) is 0 Å². The second-order valence-corrected chi connectivity index (χ2v) is 2.67. The van der Waals surface area contributed by atoms with E-state index in [4.69, 9.17) is 20.4 Å². The number of aliphatic hydroxyl groups excluding tert-OH is 4. The summed E-state index contributed by atoms with van der Waals surface area (Å²) >= 11 is 0. The summed E-state index contributed by atoms with van der Waals surface area (Å²) in [5.41, 5.74) is 0. The minimum Gasteiger partial charge on any atom is -0.394 e. The van der Waals surface area contributed by atoms with Crippen molar-refractivity contribution < 1.29 is 29.6 Å². The first kappa shape index (κ1) is 9.82. The predicted molar refractivity (Wildman–Crippen MR) is 34.9 cm³/mol. The molecule has 5 nitrogen and oxygen atoms in total. The number of alkyl halides is 1. The summed E-state index contributed by atoms with van der Waals surface area (Å²) < 4.78 is 17.3. The van der Waals surface area contributed by atoms with Gasteiger partial charge in [0.15, 0.2) is 12.5 Å². The highest BCUT2D eigenvalue weighted by molar-refractivity contribution is 4.88. The molecule has 5 atom stereocenters. The topological polar surface area (TPSA) is 90.2 Å². The Balaban J connectivity index is 2.63. The first-order valence-corrected chi connectivity index (χ1v) is 3.52. The van der Waals surface area contributed by atoms with Gasteiger partial charge >= 0.3 is 0 Å². The fourth-order valence-electron chi connectivity index (χ4n) is 1.06. The third-order valence-electron chi connectivity index (χ3n) is 1.82. The van der Waals surface area contributed by atoms with Crippen LogP contribution < -0.4 is 0 Å². The van der Waals surface area contributed by atoms with Gasteiger partial charge in [-0.2, -0.15) is 0 Å². The molecule has 12 heavy (non-hydrogen) atoms. The zero-order valence-electron chi connectivity index (χ0n) is 6.17. The number of ether oxygens (including phenoxy) is 1. The molecule has 0 aromatic carbocycles. The largest absolute Gasteiger partial charge is 0.394 e. The van der Waals surface area contributed by atoms with Crippen molar-refractivity contribution in [1.82, 2.24) is 0 Å². The van der Waals surface area contributed by atoms with Crippen molar-refractivity contribution in [2.45, 2.75) is 30.8 Å². The Labute approximate surface area is 68.0 Å². The van der Waals surface area contributed by atoms with Crippen LogP contribution in [-0.4, -0.2) is 57.8 Å². The Morgan fingerprint density at radius 3 is 2.25 bits per heavy atom. The Morgan fingerprint density at radius 2 is 1.75 bits per heavy atom. The number of hydrogen-bond donors (Lipinski definition) is 4. The second-order valence-electron chi connectivity index (χ2n) is 2.67. The molecular weight excluding hydrogens is 171 g/mol. The van der Waals surface area contributed by atoms with Crippen LogP contribution in [0.3, 0.4) is 0 Å². The molecule has 1 saturated heterocycles. The van der Waals surface area contributed by atoms with E-state index in [0.717, 1.165) is 0 Å². The summed E-state index contributed by atoms with van der Waals surface area (Å²) in [6, 6.07) is 0. The molecule has 6 heteroatoms. The zero-order chi connectivity index (χ0) is 9.30. The highest BCUT2D eigenvalue weighted by Gasteiger charge is 2.43. The summed E-state index contributed by atoms with van der Waals surface area (Å²) in [6.07, 6.45) is -8.24. The van der Waals surface area contributed by atoms with Crippen LogP contribution in [0, 0.1) is 0 Å². The van der Waals surface area contributed by atoms with Crippen LogP contribution >= 0.6 is 0 Å². The maximum Gasteiger partial charge on any atom is 0.184 e. The van der Waals surface area contributed by atoms with Gasteiger partial charge in [0.05, 0.1) is 6.61 Å². The van der Waals surface area contributed by atoms with E-state index in [1.807, 2.05) is 0 Å². The van der Waals surface area contributed by atoms with Crippen LogP contribution in [0.5, 0.6) is 0 Å². The average molecular weight is 182 g/mol. The number of hydrogen-bond acceptors (Lipinski definition) is 5. The SMILES string of the molecule is OC[C@H]1O[C@H](O)[C@H](O)[C@H](F)[C@@H]1O. The standard InChI is InChI=1S/C6H11FO5/c7-3-4(9)2(1-8)12-6(11)5(3)10/h2-6,8-11H,1H2/t2-,3-,4-,5-,6+/m1/s1. The van der Waals surface area contributed by atoms with Gasteiger partial charge in [0.25, 0.3) is 0 Å². The molecule has 0 aliphatic carbocycles. The maximum absolute atomic E-state index is 12.8. The molecule has 0 spiro atoms. The molecule has 0 unspecified atom stereocenters. The zero-order valence-corrected chi connectivity index (χ0v) is 6.17. The molecule has 0 amide bonds. The van der Waals surface area contributed by atoms with Crippen molar-refractivity contribution in [3.05, 3.63) is 0 Å². The van der Waals surface area contributed by atoms with Gasteiger partial charge in [-0.3, -0.25) is 0 Å². The van der Waals surface area contributed by atoms with Crippen molar-refractivity contribution in [2.75, 3.05) is 6.61 Å². The van der Waals surface area contributed by atoms with Gasteiger partial charge in [-0.15, -0.1) is 0 Å². The van der Waals surface area contributed by atoms with E-state index < -0.39 is 37.4 Å². The first-order valence-electron chi connectivity index (χ1n) is 3.52. The van der Waals surface area contributed by atoms with Gasteiger partial charge in [0.1, 0.15) is 18.3 Å². The fourth-order valence-corrected chi connectivity index (χ4v) is 1.06. The molecule has 0 aromatic rings. The van der Waals surface area contributed by atoms with E-state index in [0.29, 0.717) is 0 Å². The molecule has 72 valence electrons. The summed E-state index contributed by atoms with van der Waals surface area (Å²) in [6.45, 7) is -0.606. The fraction of sp³-hybridized carbons (Fsp3) is 1.00. The van der Waals surface area contributed by atoms with E-state index in [-0.39, 0.29) is 0 Å². The smallest absolute Gasteiger partial charge is 0.184 e. The Morgan fingerprint density at radius 1 is 1.17 bits per heavy atom.